The summed E-state index contributed by atoms with van der Waals surface area (Å²) in [6.07, 6.45) is 3.09. The molecule has 0 fully saturated rings. The number of benzene rings is 1. The van der Waals surface area contributed by atoms with E-state index >= 15 is 0 Å². The fourth-order valence-corrected chi connectivity index (χ4v) is 2.28. The molecule has 0 aromatic heterocycles. The van der Waals surface area contributed by atoms with Crippen LogP contribution in [-0.2, 0) is 0 Å². The van der Waals surface area contributed by atoms with E-state index in [-0.39, 0.29) is 0 Å². The minimum Gasteiger partial charge on any atom is -0.344 e. The molecule has 0 atom stereocenters. The predicted molar refractivity (Wildman–Crippen MR) is 66.0 cm³/mol. The number of nitriles is 1. The van der Waals surface area contributed by atoms with Gasteiger partial charge >= 0.3 is 0 Å². The molecular formula is C14H16N2. The lowest BCUT2D eigenvalue weighted by atomic mass is 10.2. The van der Waals surface area contributed by atoms with Gasteiger partial charge in [0.25, 0.3) is 0 Å². The number of anilines is 1. The van der Waals surface area contributed by atoms with Crippen LogP contribution in [0.15, 0.2) is 41.6 Å². The molecule has 0 aliphatic heterocycles. The number of rotatable bonds is 3. The van der Waals surface area contributed by atoms with Crippen LogP contribution in [0.3, 0.4) is 0 Å². The number of hydrogen-bond acceptors (Lipinski definition) is 2. The molecule has 0 saturated heterocycles. The molecule has 16 heavy (non-hydrogen) atoms. The van der Waals surface area contributed by atoms with Crippen molar-refractivity contribution in [2.45, 2.75) is 26.2 Å². The van der Waals surface area contributed by atoms with Crippen LogP contribution in [0.1, 0.15) is 26.2 Å². The van der Waals surface area contributed by atoms with Crippen LogP contribution in [0.2, 0.25) is 0 Å². The molecule has 1 aliphatic carbocycles. The summed E-state index contributed by atoms with van der Waals surface area (Å²) in [5, 5.41) is 9.09. The molecule has 0 spiro atoms. The van der Waals surface area contributed by atoms with Crippen LogP contribution in [0.25, 0.3) is 0 Å². The average Bonchev–Trinajstić information content (AvgIpc) is 2.80. The van der Waals surface area contributed by atoms with Crippen molar-refractivity contribution in [3.63, 3.8) is 0 Å². The third-order valence-corrected chi connectivity index (χ3v) is 3.03. The van der Waals surface area contributed by atoms with E-state index in [2.05, 4.69) is 30.0 Å². The lowest BCUT2D eigenvalue weighted by Crippen LogP contribution is -2.21. The Bertz CT molecular complexity index is 426. The smallest absolute Gasteiger partial charge is 0.0965 e. The van der Waals surface area contributed by atoms with Gasteiger partial charge in [0, 0.05) is 23.5 Å². The average molecular weight is 212 g/mol. The number of allylic oxidation sites excluding steroid dienone is 2. The van der Waals surface area contributed by atoms with Gasteiger partial charge in [-0.2, -0.15) is 5.26 Å². The molecule has 0 unspecified atom stereocenters. The molecule has 0 radical (unpaired) electrons. The maximum atomic E-state index is 9.09. The van der Waals surface area contributed by atoms with Crippen molar-refractivity contribution in [2.75, 3.05) is 11.4 Å². The van der Waals surface area contributed by atoms with Crippen LogP contribution in [-0.4, -0.2) is 6.54 Å². The quantitative estimate of drug-likeness (QED) is 0.767. The number of para-hydroxylation sites is 1. The summed E-state index contributed by atoms with van der Waals surface area (Å²) in [5.74, 6) is 0. The molecule has 1 aliphatic rings. The maximum absolute atomic E-state index is 9.09. The zero-order valence-corrected chi connectivity index (χ0v) is 9.61. The van der Waals surface area contributed by atoms with Crippen LogP contribution < -0.4 is 4.90 Å². The SMILES string of the molecule is CCN(C1=C(C#N)CCC1)c1ccccc1. The lowest BCUT2D eigenvalue weighted by Gasteiger charge is -2.24. The van der Waals surface area contributed by atoms with Crippen LogP contribution in [0, 0.1) is 11.3 Å². The molecule has 0 heterocycles. The Morgan fingerprint density at radius 2 is 2.00 bits per heavy atom. The Hall–Kier alpha value is -1.75. The Balaban J connectivity index is 2.34. The second-order valence-corrected chi connectivity index (χ2v) is 3.97. The summed E-state index contributed by atoms with van der Waals surface area (Å²) in [6.45, 7) is 3.05. The summed E-state index contributed by atoms with van der Waals surface area (Å²) in [4.78, 5) is 2.26. The van der Waals surface area contributed by atoms with Crippen molar-refractivity contribution in [3.8, 4) is 6.07 Å². The summed E-state index contributed by atoms with van der Waals surface area (Å²) in [7, 11) is 0. The van der Waals surface area contributed by atoms with Crippen molar-refractivity contribution in [1.29, 1.82) is 5.26 Å². The van der Waals surface area contributed by atoms with Crippen LogP contribution >= 0.6 is 0 Å². The van der Waals surface area contributed by atoms with Crippen molar-refractivity contribution in [2.24, 2.45) is 0 Å². The van der Waals surface area contributed by atoms with Crippen molar-refractivity contribution in [1.82, 2.24) is 0 Å². The third-order valence-electron chi connectivity index (χ3n) is 3.03. The Morgan fingerprint density at radius 1 is 1.25 bits per heavy atom. The Morgan fingerprint density at radius 3 is 2.62 bits per heavy atom. The normalized spacial score (nSPS) is 15.0. The molecule has 2 nitrogen and oxygen atoms in total. The molecule has 0 N–H and O–H groups in total. The van der Waals surface area contributed by atoms with Gasteiger partial charge in [-0.3, -0.25) is 0 Å². The molecule has 2 rings (SSSR count). The minimum atomic E-state index is 0.921. The number of hydrogen-bond donors (Lipinski definition) is 0. The highest BCUT2D eigenvalue weighted by Gasteiger charge is 2.19. The molecule has 82 valence electrons. The topological polar surface area (TPSA) is 27.0 Å². The maximum Gasteiger partial charge on any atom is 0.0965 e. The van der Waals surface area contributed by atoms with Gasteiger partial charge in [0.15, 0.2) is 0 Å². The van der Waals surface area contributed by atoms with Crippen molar-refractivity contribution in [3.05, 3.63) is 41.6 Å². The van der Waals surface area contributed by atoms with Gasteiger partial charge in [-0.1, -0.05) is 18.2 Å². The monoisotopic (exact) mass is 212 g/mol. The van der Waals surface area contributed by atoms with Crippen LogP contribution in [0.4, 0.5) is 5.69 Å². The second-order valence-electron chi connectivity index (χ2n) is 3.97. The third kappa shape index (κ3) is 1.94. The van der Waals surface area contributed by atoms with Crippen molar-refractivity contribution >= 4 is 5.69 Å². The lowest BCUT2D eigenvalue weighted by molar-refractivity contribution is 0.850. The van der Waals surface area contributed by atoms with Gasteiger partial charge in [0.05, 0.1) is 6.07 Å². The standard InChI is InChI=1S/C14H16N2/c1-2-16(13-8-4-3-5-9-13)14-10-6-7-12(14)11-15/h3-5,8-9H,2,6-7,10H2,1H3. The summed E-state index contributed by atoms with van der Waals surface area (Å²) in [5.41, 5.74) is 3.37. The van der Waals surface area contributed by atoms with E-state index in [0.717, 1.165) is 31.4 Å². The van der Waals surface area contributed by atoms with E-state index in [1.807, 2.05) is 18.2 Å². The largest absolute Gasteiger partial charge is 0.344 e. The first-order chi connectivity index (χ1) is 7.86. The van der Waals surface area contributed by atoms with Gasteiger partial charge in [0.2, 0.25) is 0 Å². The van der Waals surface area contributed by atoms with E-state index in [4.69, 9.17) is 5.26 Å². The molecule has 0 saturated carbocycles. The zero-order chi connectivity index (χ0) is 11.4. The molecular weight excluding hydrogens is 196 g/mol. The van der Waals surface area contributed by atoms with E-state index in [1.54, 1.807) is 0 Å². The predicted octanol–water partition coefficient (Wildman–Crippen LogP) is 3.47. The van der Waals surface area contributed by atoms with Gasteiger partial charge in [-0.05, 0) is 38.3 Å². The van der Waals surface area contributed by atoms with Crippen molar-refractivity contribution < 1.29 is 0 Å². The molecule has 1 aromatic carbocycles. The molecule has 2 heteroatoms. The van der Waals surface area contributed by atoms with Crippen LogP contribution in [0.5, 0.6) is 0 Å². The first-order valence-electron chi connectivity index (χ1n) is 5.81. The first-order valence-corrected chi connectivity index (χ1v) is 5.81. The van der Waals surface area contributed by atoms with E-state index in [1.165, 1.54) is 11.4 Å². The Kier molecular flexibility index (Phi) is 3.26. The minimum absolute atomic E-state index is 0.921. The zero-order valence-electron chi connectivity index (χ0n) is 9.61. The summed E-state index contributed by atoms with van der Waals surface area (Å²) < 4.78 is 0. The van der Waals surface area contributed by atoms with Gasteiger partial charge in [-0.25, -0.2) is 0 Å². The van der Waals surface area contributed by atoms with E-state index in [0.29, 0.717) is 0 Å². The Labute approximate surface area is 96.8 Å². The molecule has 0 amide bonds. The highest BCUT2D eigenvalue weighted by atomic mass is 15.1. The van der Waals surface area contributed by atoms with Gasteiger partial charge < -0.3 is 4.90 Å². The van der Waals surface area contributed by atoms with Gasteiger partial charge in [0.1, 0.15) is 0 Å². The fourth-order valence-electron chi connectivity index (χ4n) is 2.28. The van der Waals surface area contributed by atoms with E-state index < -0.39 is 0 Å². The second kappa shape index (κ2) is 4.85. The van der Waals surface area contributed by atoms with E-state index in [9.17, 15) is 0 Å². The highest BCUT2D eigenvalue weighted by molar-refractivity contribution is 5.55. The molecule has 0 bridgehead atoms. The highest BCUT2D eigenvalue weighted by Crippen LogP contribution is 2.31. The van der Waals surface area contributed by atoms with Gasteiger partial charge in [-0.15, -0.1) is 0 Å². The fraction of sp³-hybridized carbons (Fsp3) is 0.357. The summed E-state index contributed by atoms with van der Waals surface area (Å²) in [6, 6.07) is 12.6. The first kappa shape index (κ1) is 10.8. The summed E-state index contributed by atoms with van der Waals surface area (Å²) >= 11 is 0. The molecule has 1 aromatic rings. The number of nitrogens with zero attached hydrogens (tertiary/aromatic N) is 2.